The second kappa shape index (κ2) is 14.0. The van der Waals surface area contributed by atoms with Gasteiger partial charge in [0.05, 0.1) is 5.69 Å². The predicted octanol–water partition coefficient (Wildman–Crippen LogP) is 4.32. The van der Waals surface area contributed by atoms with Gasteiger partial charge in [-0.2, -0.15) is 0 Å². The molecule has 0 aromatic heterocycles. The van der Waals surface area contributed by atoms with Gasteiger partial charge in [0.2, 0.25) is 0 Å². The normalized spacial score (nSPS) is 13.7. The summed E-state index contributed by atoms with van der Waals surface area (Å²) in [6, 6.07) is 19.2. The van der Waals surface area contributed by atoms with Crippen LogP contribution < -0.4 is 26.4 Å². The Balaban J connectivity index is 1.16. The molecule has 2 aliphatic rings. The highest BCUT2D eigenvalue weighted by Gasteiger charge is 2.33. The molecule has 0 unspecified atom stereocenters. The zero-order valence-electron chi connectivity index (χ0n) is 24.1. The SMILES string of the molecule is NCCCCCCNC(=O)c1cccc(NC(=O)c2ccc(CN(C(=O)c3ccc4c(c3)OCC(=O)N4)C3CC3)cc2)c1. The predicted molar refractivity (Wildman–Crippen MR) is 164 cm³/mol. The molecule has 0 saturated heterocycles. The smallest absolute Gasteiger partial charge is 0.262 e. The minimum atomic E-state index is -0.291. The van der Waals surface area contributed by atoms with E-state index in [1.807, 2.05) is 17.0 Å². The maximum atomic E-state index is 13.4. The number of fused-ring (bicyclic) bond motifs is 1. The van der Waals surface area contributed by atoms with Gasteiger partial charge >= 0.3 is 0 Å². The summed E-state index contributed by atoms with van der Waals surface area (Å²) in [6.45, 7) is 1.61. The highest BCUT2D eigenvalue weighted by Crippen LogP contribution is 2.33. The van der Waals surface area contributed by atoms with Crippen molar-refractivity contribution in [3.8, 4) is 5.75 Å². The fraction of sp³-hybridized carbons (Fsp3) is 0.333. The highest BCUT2D eigenvalue weighted by atomic mass is 16.5. The van der Waals surface area contributed by atoms with E-state index in [0.717, 1.165) is 44.1 Å². The highest BCUT2D eigenvalue weighted by molar-refractivity contribution is 6.05. The summed E-state index contributed by atoms with van der Waals surface area (Å²) < 4.78 is 5.48. The van der Waals surface area contributed by atoms with Crippen LogP contribution in [0.4, 0.5) is 11.4 Å². The zero-order valence-corrected chi connectivity index (χ0v) is 24.1. The van der Waals surface area contributed by atoms with E-state index in [4.69, 9.17) is 10.5 Å². The molecule has 3 aromatic carbocycles. The Morgan fingerprint density at radius 1 is 0.884 bits per heavy atom. The molecule has 5 rings (SSSR count). The number of carbonyl (C=O) groups excluding carboxylic acids is 4. The van der Waals surface area contributed by atoms with Crippen LogP contribution in [-0.2, 0) is 11.3 Å². The maximum absolute atomic E-state index is 13.4. The number of hydrogen-bond acceptors (Lipinski definition) is 6. The van der Waals surface area contributed by atoms with Gasteiger partial charge in [0, 0.05) is 41.5 Å². The standard InChI is InChI=1S/C33H37N5O5/c34-16-3-1-2-4-17-35-31(40)24-6-5-7-26(18-24)36-32(41)23-10-8-22(9-11-23)20-38(27-13-14-27)33(42)25-12-15-28-29(19-25)43-21-30(39)37-28/h5-12,15,18-19,27H,1-4,13-14,16-17,20-21,34H2,(H,35,40)(H,36,41)(H,37,39). The van der Waals surface area contributed by atoms with E-state index in [1.54, 1.807) is 54.6 Å². The number of hydrogen-bond donors (Lipinski definition) is 4. The van der Waals surface area contributed by atoms with Crippen molar-refractivity contribution in [2.24, 2.45) is 5.73 Å². The molecule has 5 N–H and O–H groups in total. The molecule has 10 nitrogen and oxygen atoms in total. The average Bonchev–Trinajstić information content (AvgIpc) is 3.87. The number of benzene rings is 3. The van der Waals surface area contributed by atoms with Crippen molar-refractivity contribution in [2.75, 3.05) is 30.3 Å². The number of amides is 4. The number of anilines is 2. The molecule has 1 fully saturated rings. The quantitative estimate of drug-likeness (QED) is 0.221. The van der Waals surface area contributed by atoms with Gasteiger partial charge in [-0.25, -0.2) is 0 Å². The van der Waals surface area contributed by atoms with Crippen LogP contribution in [0.1, 0.15) is 75.2 Å². The van der Waals surface area contributed by atoms with Crippen molar-refractivity contribution >= 4 is 35.0 Å². The minimum Gasteiger partial charge on any atom is -0.482 e. The van der Waals surface area contributed by atoms with Crippen LogP contribution in [0.2, 0.25) is 0 Å². The first kappa shape index (κ1) is 29.8. The van der Waals surface area contributed by atoms with E-state index in [1.165, 1.54) is 0 Å². The first-order chi connectivity index (χ1) is 20.9. The van der Waals surface area contributed by atoms with Crippen molar-refractivity contribution in [1.82, 2.24) is 10.2 Å². The second-order valence-electron chi connectivity index (χ2n) is 10.9. The van der Waals surface area contributed by atoms with Crippen LogP contribution in [0, 0.1) is 0 Å². The number of nitrogens with zero attached hydrogens (tertiary/aromatic N) is 1. The van der Waals surface area contributed by atoms with Gasteiger partial charge < -0.3 is 31.3 Å². The Hall–Kier alpha value is -4.70. The van der Waals surface area contributed by atoms with Crippen molar-refractivity contribution in [3.05, 3.63) is 89.0 Å². The summed E-state index contributed by atoms with van der Waals surface area (Å²) in [4.78, 5) is 52.3. The van der Waals surface area contributed by atoms with Gasteiger partial charge in [-0.05, 0) is 86.3 Å². The largest absolute Gasteiger partial charge is 0.482 e. The third-order valence-corrected chi connectivity index (χ3v) is 7.48. The van der Waals surface area contributed by atoms with Gasteiger partial charge in [0.25, 0.3) is 23.6 Å². The molecule has 43 heavy (non-hydrogen) atoms. The van der Waals surface area contributed by atoms with Gasteiger partial charge in [-0.15, -0.1) is 0 Å². The lowest BCUT2D eigenvalue weighted by Crippen LogP contribution is -2.33. The number of ether oxygens (including phenoxy) is 1. The van der Waals surface area contributed by atoms with Crippen molar-refractivity contribution in [3.63, 3.8) is 0 Å². The number of rotatable bonds is 13. The van der Waals surface area contributed by atoms with Crippen LogP contribution in [0.3, 0.4) is 0 Å². The Bertz CT molecular complexity index is 1490. The number of nitrogens with one attached hydrogen (secondary N) is 3. The molecule has 1 aliphatic carbocycles. The molecule has 224 valence electrons. The average molecular weight is 584 g/mol. The van der Waals surface area contributed by atoms with Crippen LogP contribution in [0.5, 0.6) is 5.75 Å². The molecule has 4 amide bonds. The van der Waals surface area contributed by atoms with Gasteiger partial charge in [0.1, 0.15) is 5.75 Å². The van der Waals surface area contributed by atoms with Crippen molar-refractivity contribution < 1.29 is 23.9 Å². The fourth-order valence-electron chi connectivity index (χ4n) is 4.95. The van der Waals surface area contributed by atoms with E-state index < -0.39 is 0 Å². The van der Waals surface area contributed by atoms with Crippen LogP contribution >= 0.6 is 0 Å². The van der Waals surface area contributed by atoms with Crippen molar-refractivity contribution in [1.29, 1.82) is 0 Å². The van der Waals surface area contributed by atoms with E-state index in [0.29, 0.717) is 53.4 Å². The molecule has 0 atom stereocenters. The first-order valence-electron chi connectivity index (χ1n) is 14.8. The lowest BCUT2D eigenvalue weighted by Gasteiger charge is -2.24. The number of unbranched alkanes of at least 4 members (excludes halogenated alkanes) is 3. The molecular formula is C33H37N5O5. The molecule has 1 saturated carbocycles. The fourth-order valence-corrected chi connectivity index (χ4v) is 4.95. The molecule has 10 heteroatoms. The summed E-state index contributed by atoms with van der Waals surface area (Å²) in [6.07, 6.45) is 5.85. The van der Waals surface area contributed by atoms with Crippen LogP contribution in [0.25, 0.3) is 0 Å². The zero-order chi connectivity index (χ0) is 30.2. The Kier molecular flexibility index (Phi) is 9.68. The molecule has 3 aromatic rings. The molecule has 1 aliphatic heterocycles. The lowest BCUT2D eigenvalue weighted by atomic mass is 10.1. The Morgan fingerprint density at radius 2 is 1.65 bits per heavy atom. The maximum Gasteiger partial charge on any atom is 0.262 e. The van der Waals surface area contributed by atoms with Crippen LogP contribution in [-0.4, -0.2) is 54.3 Å². The molecular weight excluding hydrogens is 546 g/mol. The van der Waals surface area contributed by atoms with E-state index in [2.05, 4.69) is 16.0 Å². The number of carbonyl (C=O) groups is 4. The Labute approximate surface area is 251 Å². The van der Waals surface area contributed by atoms with Gasteiger partial charge in [-0.3, -0.25) is 19.2 Å². The molecule has 1 heterocycles. The van der Waals surface area contributed by atoms with E-state index in [-0.39, 0.29) is 36.3 Å². The monoisotopic (exact) mass is 583 g/mol. The Morgan fingerprint density at radius 3 is 2.42 bits per heavy atom. The van der Waals surface area contributed by atoms with E-state index in [9.17, 15) is 19.2 Å². The summed E-state index contributed by atoms with van der Waals surface area (Å²) in [7, 11) is 0. The van der Waals surface area contributed by atoms with Gasteiger partial charge in [0.15, 0.2) is 6.61 Å². The lowest BCUT2D eigenvalue weighted by molar-refractivity contribution is -0.118. The summed E-state index contributed by atoms with van der Waals surface area (Å²) in [5, 5.41) is 8.53. The van der Waals surface area contributed by atoms with Gasteiger partial charge in [-0.1, -0.05) is 31.0 Å². The van der Waals surface area contributed by atoms with Crippen molar-refractivity contribution in [2.45, 2.75) is 51.1 Å². The third kappa shape index (κ3) is 7.98. The summed E-state index contributed by atoms with van der Waals surface area (Å²) >= 11 is 0. The molecule has 0 spiro atoms. The third-order valence-electron chi connectivity index (χ3n) is 7.48. The van der Waals surface area contributed by atoms with E-state index >= 15 is 0 Å². The van der Waals surface area contributed by atoms with Crippen LogP contribution in [0.15, 0.2) is 66.7 Å². The second-order valence-corrected chi connectivity index (χ2v) is 10.9. The minimum absolute atomic E-state index is 0.0754. The first-order valence-corrected chi connectivity index (χ1v) is 14.8. The summed E-state index contributed by atoms with van der Waals surface area (Å²) in [5.41, 5.74) is 8.95. The topological polar surface area (TPSA) is 143 Å². The number of nitrogens with two attached hydrogens (primary N) is 1. The molecule has 0 radical (unpaired) electrons. The molecule has 0 bridgehead atoms. The summed E-state index contributed by atoms with van der Waals surface area (Å²) in [5.74, 6) is -0.316.